The average Bonchev–Trinajstić information content (AvgIpc) is 2.19. The molecule has 0 atom stereocenters. The van der Waals surface area contributed by atoms with Crippen LogP contribution in [0.5, 0.6) is 0 Å². The van der Waals surface area contributed by atoms with Crippen LogP contribution in [0.3, 0.4) is 0 Å². The van der Waals surface area contributed by atoms with Gasteiger partial charge in [-0.05, 0) is 24.1 Å². The molecule has 16 heavy (non-hydrogen) atoms. The zero-order valence-corrected chi connectivity index (χ0v) is 8.99. The molecule has 0 saturated carbocycles. The zero-order valence-electron chi connectivity index (χ0n) is 8.99. The molecule has 0 saturated heterocycles. The van der Waals surface area contributed by atoms with Gasteiger partial charge in [0, 0.05) is 18.9 Å². The maximum Gasteiger partial charge on any atom is 0.318 e. The summed E-state index contributed by atoms with van der Waals surface area (Å²) in [6.45, 7) is 2.52. The Labute approximate surface area is 93.2 Å². The van der Waals surface area contributed by atoms with Crippen molar-refractivity contribution in [1.29, 1.82) is 0 Å². The number of imide groups is 1. The summed E-state index contributed by atoms with van der Waals surface area (Å²) in [5, 5.41) is 4.85. The smallest absolute Gasteiger partial charge is 0.318 e. The van der Waals surface area contributed by atoms with E-state index in [1.165, 1.54) is 0 Å². The van der Waals surface area contributed by atoms with E-state index in [2.05, 4.69) is 10.3 Å². The highest BCUT2D eigenvalue weighted by Crippen LogP contribution is 2.03. The van der Waals surface area contributed by atoms with E-state index in [0.717, 1.165) is 11.1 Å². The monoisotopic (exact) mass is 222 g/mol. The van der Waals surface area contributed by atoms with Crippen LogP contribution in [-0.4, -0.2) is 23.5 Å². The van der Waals surface area contributed by atoms with Gasteiger partial charge in [0.1, 0.15) is 0 Å². The van der Waals surface area contributed by atoms with Gasteiger partial charge < -0.3 is 11.1 Å². The number of primary amides is 1. The normalized spacial score (nSPS) is 9.81. The van der Waals surface area contributed by atoms with E-state index >= 15 is 0 Å². The van der Waals surface area contributed by atoms with Crippen molar-refractivity contribution in [2.75, 3.05) is 6.54 Å². The van der Waals surface area contributed by atoms with Gasteiger partial charge in [0.15, 0.2) is 0 Å². The van der Waals surface area contributed by atoms with Gasteiger partial charge in [-0.3, -0.25) is 15.1 Å². The van der Waals surface area contributed by atoms with Crippen LogP contribution in [0.4, 0.5) is 4.79 Å². The molecular weight excluding hydrogens is 208 g/mol. The molecule has 0 spiro atoms. The molecule has 0 fully saturated rings. The summed E-state index contributed by atoms with van der Waals surface area (Å²) in [4.78, 5) is 25.4. The number of hydrogen-bond acceptors (Lipinski definition) is 4. The molecule has 0 radical (unpaired) electrons. The van der Waals surface area contributed by atoms with E-state index in [1.807, 2.05) is 18.3 Å². The van der Waals surface area contributed by atoms with Crippen molar-refractivity contribution in [2.24, 2.45) is 5.73 Å². The molecule has 0 aliphatic carbocycles. The SMILES string of the molecule is Cc1ccncc1CNCC(=O)NC(N)=O. The summed E-state index contributed by atoms with van der Waals surface area (Å²) in [6, 6.07) is 1.05. The third-order valence-electron chi connectivity index (χ3n) is 2.01. The second-order valence-electron chi connectivity index (χ2n) is 3.32. The lowest BCUT2D eigenvalue weighted by Crippen LogP contribution is -2.40. The predicted molar refractivity (Wildman–Crippen MR) is 58.4 cm³/mol. The highest BCUT2D eigenvalue weighted by molar-refractivity contribution is 5.94. The van der Waals surface area contributed by atoms with Crippen LogP contribution in [0.15, 0.2) is 18.5 Å². The molecule has 1 aromatic rings. The van der Waals surface area contributed by atoms with Crippen molar-refractivity contribution in [1.82, 2.24) is 15.6 Å². The Kier molecular flexibility index (Phi) is 4.41. The van der Waals surface area contributed by atoms with E-state index < -0.39 is 11.9 Å². The second-order valence-corrected chi connectivity index (χ2v) is 3.32. The Morgan fingerprint density at radius 1 is 1.50 bits per heavy atom. The molecule has 3 amide bonds. The molecule has 1 heterocycles. The third kappa shape index (κ3) is 4.05. The first kappa shape index (κ1) is 12.1. The van der Waals surface area contributed by atoms with Crippen LogP contribution >= 0.6 is 0 Å². The fraction of sp³-hybridized carbons (Fsp3) is 0.300. The van der Waals surface area contributed by atoms with Crippen molar-refractivity contribution in [2.45, 2.75) is 13.5 Å². The minimum Gasteiger partial charge on any atom is -0.351 e. The highest BCUT2D eigenvalue weighted by atomic mass is 16.2. The van der Waals surface area contributed by atoms with Gasteiger partial charge in [-0.1, -0.05) is 0 Å². The lowest BCUT2D eigenvalue weighted by molar-refractivity contribution is -0.119. The van der Waals surface area contributed by atoms with Crippen LogP contribution in [0.2, 0.25) is 0 Å². The van der Waals surface area contributed by atoms with Crippen LogP contribution in [0, 0.1) is 6.92 Å². The molecule has 4 N–H and O–H groups in total. The summed E-state index contributed by atoms with van der Waals surface area (Å²) in [7, 11) is 0. The summed E-state index contributed by atoms with van der Waals surface area (Å²) in [6.07, 6.45) is 3.44. The molecule has 0 aromatic carbocycles. The Hall–Kier alpha value is -1.95. The van der Waals surface area contributed by atoms with Gasteiger partial charge >= 0.3 is 6.03 Å². The summed E-state index contributed by atoms with van der Waals surface area (Å²) in [5.41, 5.74) is 6.90. The Bertz CT molecular complexity index is 392. The maximum atomic E-state index is 11.0. The molecule has 1 aromatic heterocycles. The summed E-state index contributed by atoms with van der Waals surface area (Å²) < 4.78 is 0. The Balaban J connectivity index is 2.33. The van der Waals surface area contributed by atoms with Crippen LogP contribution in [0.25, 0.3) is 0 Å². The van der Waals surface area contributed by atoms with E-state index in [4.69, 9.17) is 5.73 Å². The number of carbonyl (C=O) groups is 2. The Morgan fingerprint density at radius 2 is 2.25 bits per heavy atom. The number of nitrogens with zero attached hydrogens (tertiary/aromatic N) is 1. The number of urea groups is 1. The topological polar surface area (TPSA) is 97.1 Å². The molecule has 0 unspecified atom stereocenters. The number of aromatic nitrogens is 1. The quantitative estimate of drug-likeness (QED) is 0.650. The number of pyridine rings is 1. The highest BCUT2D eigenvalue weighted by Gasteiger charge is 2.03. The molecule has 0 aliphatic heterocycles. The first-order valence-electron chi connectivity index (χ1n) is 4.79. The molecule has 6 heteroatoms. The van der Waals surface area contributed by atoms with Crippen molar-refractivity contribution in [3.8, 4) is 0 Å². The minimum atomic E-state index is -0.843. The van der Waals surface area contributed by atoms with Crippen LogP contribution < -0.4 is 16.4 Å². The van der Waals surface area contributed by atoms with Crippen molar-refractivity contribution < 1.29 is 9.59 Å². The molecule has 1 rings (SSSR count). The van der Waals surface area contributed by atoms with Crippen LogP contribution in [0.1, 0.15) is 11.1 Å². The fourth-order valence-corrected chi connectivity index (χ4v) is 1.17. The van der Waals surface area contributed by atoms with Gasteiger partial charge in [0.25, 0.3) is 0 Å². The number of hydrogen-bond donors (Lipinski definition) is 3. The lowest BCUT2D eigenvalue weighted by atomic mass is 10.1. The second kappa shape index (κ2) is 5.82. The van der Waals surface area contributed by atoms with Gasteiger partial charge in [0.05, 0.1) is 6.54 Å². The molecule has 86 valence electrons. The number of nitrogens with two attached hydrogens (primary N) is 1. The van der Waals surface area contributed by atoms with Gasteiger partial charge in [-0.25, -0.2) is 4.79 Å². The minimum absolute atomic E-state index is 0.0390. The van der Waals surface area contributed by atoms with E-state index in [0.29, 0.717) is 6.54 Å². The van der Waals surface area contributed by atoms with Crippen molar-refractivity contribution >= 4 is 11.9 Å². The van der Waals surface area contributed by atoms with E-state index in [-0.39, 0.29) is 6.54 Å². The largest absolute Gasteiger partial charge is 0.351 e. The first-order chi connectivity index (χ1) is 7.59. The summed E-state index contributed by atoms with van der Waals surface area (Å²) in [5.74, 6) is -0.450. The first-order valence-corrected chi connectivity index (χ1v) is 4.79. The number of aryl methyl sites for hydroxylation is 1. The molecule has 6 nitrogen and oxygen atoms in total. The zero-order chi connectivity index (χ0) is 12.0. The number of amides is 3. The molecular formula is C10H14N4O2. The number of rotatable bonds is 4. The van der Waals surface area contributed by atoms with Crippen molar-refractivity contribution in [3.63, 3.8) is 0 Å². The molecule has 0 aliphatic rings. The summed E-state index contributed by atoms with van der Waals surface area (Å²) >= 11 is 0. The average molecular weight is 222 g/mol. The van der Waals surface area contributed by atoms with E-state index in [1.54, 1.807) is 12.4 Å². The fourth-order valence-electron chi connectivity index (χ4n) is 1.17. The third-order valence-corrected chi connectivity index (χ3v) is 2.01. The standard InChI is InChI=1S/C10H14N4O2/c1-7-2-3-12-4-8(7)5-13-6-9(15)14-10(11)16/h2-4,13H,5-6H2,1H3,(H3,11,14,15,16). The van der Waals surface area contributed by atoms with Crippen LogP contribution in [-0.2, 0) is 11.3 Å². The van der Waals surface area contributed by atoms with Gasteiger partial charge in [0.2, 0.25) is 5.91 Å². The van der Waals surface area contributed by atoms with Gasteiger partial charge in [-0.2, -0.15) is 0 Å². The number of carbonyl (C=O) groups excluding carboxylic acids is 2. The maximum absolute atomic E-state index is 11.0. The Morgan fingerprint density at radius 3 is 2.88 bits per heavy atom. The lowest BCUT2D eigenvalue weighted by Gasteiger charge is -2.06. The van der Waals surface area contributed by atoms with Crippen molar-refractivity contribution in [3.05, 3.63) is 29.6 Å². The van der Waals surface area contributed by atoms with Gasteiger partial charge in [-0.15, -0.1) is 0 Å². The molecule has 0 bridgehead atoms. The predicted octanol–water partition coefficient (Wildman–Crippen LogP) is -0.325. The van der Waals surface area contributed by atoms with E-state index in [9.17, 15) is 9.59 Å². The number of nitrogens with one attached hydrogen (secondary N) is 2.